The Morgan fingerprint density at radius 2 is 2.04 bits per heavy atom. The lowest BCUT2D eigenvalue weighted by molar-refractivity contribution is 0.0149. The van der Waals surface area contributed by atoms with Gasteiger partial charge in [0, 0.05) is 30.5 Å². The molecule has 28 heavy (non-hydrogen) atoms. The van der Waals surface area contributed by atoms with E-state index in [1.54, 1.807) is 0 Å². The van der Waals surface area contributed by atoms with E-state index in [1.165, 1.54) is 17.5 Å². The Labute approximate surface area is 169 Å². The van der Waals surface area contributed by atoms with Crippen LogP contribution in [0.2, 0.25) is 0 Å². The predicted octanol–water partition coefficient (Wildman–Crippen LogP) is 6.30. The summed E-state index contributed by atoms with van der Waals surface area (Å²) in [5.41, 5.74) is 8.25. The third-order valence-corrected chi connectivity index (χ3v) is 5.62. The van der Waals surface area contributed by atoms with Gasteiger partial charge in [0.15, 0.2) is 0 Å². The maximum atomic E-state index is 6.16. The Hall–Kier alpha value is -2.26. The topological polar surface area (TPSA) is 30.5 Å². The third-order valence-electron chi connectivity index (χ3n) is 5.62. The summed E-state index contributed by atoms with van der Waals surface area (Å²) in [5.74, 6) is 0.936. The Morgan fingerprint density at radius 3 is 2.64 bits per heavy atom. The van der Waals surface area contributed by atoms with Crippen molar-refractivity contribution in [1.82, 2.24) is 0 Å². The quantitative estimate of drug-likeness (QED) is 0.612. The van der Waals surface area contributed by atoms with Gasteiger partial charge in [0.2, 0.25) is 0 Å². The van der Waals surface area contributed by atoms with Crippen molar-refractivity contribution in [3.05, 3.63) is 64.7 Å². The molecule has 1 heterocycles. The number of anilines is 1. The Morgan fingerprint density at radius 1 is 1.21 bits per heavy atom. The van der Waals surface area contributed by atoms with Gasteiger partial charge in [-0.25, -0.2) is 0 Å². The number of nitrogens with one attached hydrogen (secondary N) is 1. The Kier molecular flexibility index (Phi) is 6.79. The number of hydrogen-bond acceptors (Lipinski definition) is 3. The zero-order chi connectivity index (χ0) is 20.1. The van der Waals surface area contributed by atoms with Crippen LogP contribution in [-0.4, -0.2) is 20.3 Å². The largest absolute Gasteiger partial charge is 0.494 e. The van der Waals surface area contributed by atoms with E-state index in [9.17, 15) is 0 Å². The molecule has 3 rings (SSSR count). The molecule has 3 heteroatoms. The zero-order valence-corrected chi connectivity index (χ0v) is 17.7. The van der Waals surface area contributed by atoms with Gasteiger partial charge < -0.3 is 14.8 Å². The monoisotopic (exact) mass is 379 g/mol. The molecule has 150 valence electrons. The van der Waals surface area contributed by atoms with E-state index < -0.39 is 0 Å². The van der Waals surface area contributed by atoms with Crippen molar-refractivity contribution in [3.63, 3.8) is 0 Å². The molecule has 0 amide bonds. The summed E-state index contributed by atoms with van der Waals surface area (Å²) in [7, 11) is 2.00. The van der Waals surface area contributed by atoms with Crippen LogP contribution in [0.15, 0.2) is 36.9 Å². The number of hydrogen-bond donors (Lipinski definition) is 1. The summed E-state index contributed by atoms with van der Waals surface area (Å²) in [4.78, 5) is 0. The van der Waals surface area contributed by atoms with Gasteiger partial charge in [0.25, 0.3) is 0 Å². The van der Waals surface area contributed by atoms with Crippen LogP contribution >= 0.6 is 0 Å². The highest BCUT2D eigenvalue weighted by Crippen LogP contribution is 2.40. The fourth-order valence-electron chi connectivity index (χ4n) is 4.14. The number of benzene rings is 2. The molecule has 0 saturated carbocycles. The molecule has 1 saturated heterocycles. The summed E-state index contributed by atoms with van der Waals surface area (Å²) in [6.45, 7) is 12.3. The van der Waals surface area contributed by atoms with Gasteiger partial charge in [-0.2, -0.15) is 0 Å². The van der Waals surface area contributed by atoms with Crippen LogP contribution in [0.5, 0.6) is 5.75 Å². The van der Waals surface area contributed by atoms with Gasteiger partial charge in [0.05, 0.1) is 12.7 Å². The molecule has 0 spiro atoms. The molecule has 0 radical (unpaired) electrons. The molecular formula is C25H33NO2. The molecule has 0 aromatic heterocycles. The zero-order valence-electron chi connectivity index (χ0n) is 17.7. The third kappa shape index (κ3) is 4.10. The lowest BCUT2D eigenvalue weighted by Crippen LogP contribution is -2.16. The van der Waals surface area contributed by atoms with Crippen LogP contribution in [0, 0.1) is 6.92 Å². The van der Waals surface area contributed by atoms with Gasteiger partial charge in [-0.3, -0.25) is 0 Å². The lowest BCUT2D eigenvalue weighted by atomic mass is 9.87. The lowest BCUT2D eigenvalue weighted by Gasteiger charge is -2.29. The second kappa shape index (κ2) is 9.29. The standard InChI is InChI=1S/C25H33NO2/c1-6-19-11-13-21(25(26-5)24(19)23-10-8-9-15-28-23)18(4)20-12-14-22(27-7-2)17(3)16-20/h11-14,16,23,26H,4,6-10,15H2,1-3,5H3. The first-order valence-electron chi connectivity index (χ1n) is 10.5. The molecule has 2 aromatic carbocycles. The van der Waals surface area contributed by atoms with Crippen LogP contribution in [0.1, 0.15) is 67.0 Å². The van der Waals surface area contributed by atoms with Crippen LogP contribution in [0.4, 0.5) is 5.69 Å². The van der Waals surface area contributed by atoms with Crippen molar-refractivity contribution < 1.29 is 9.47 Å². The summed E-state index contributed by atoms with van der Waals surface area (Å²) in [5, 5.41) is 3.47. The van der Waals surface area contributed by atoms with Gasteiger partial charge >= 0.3 is 0 Å². The highest BCUT2D eigenvalue weighted by Gasteiger charge is 2.24. The van der Waals surface area contributed by atoms with E-state index in [4.69, 9.17) is 9.47 Å². The smallest absolute Gasteiger partial charge is 0.122 e. The van der Waals surface area contributed by atoms with E-state index in [0.29, 0.717) is 6.61 Å². The summed E-state index contributed by atoms with van der Waals surface area (Å²) < 4.78 is 11.9. The molecule has 1 fully saturated rings. The molecule has 1 atom stereocenters. The molecule has 1 unspecified atom stereocenters. The average molecular weight is 380 g/mol. The van der Waals surface area contributed by atoms with E-state index in [2.05, 4.69) is 50.0 Å². The second-order valence-corrected chi connectivity index (χ2v) is 7.41. The fraction of sp³-hybridized carbons (Fsp3) is 0.440. The summed E-state index contributed by atoms with van der Waals surface area (Å²) >= 11 is 0. The van der Waals surface area contributed by atoms with Crippen molar-refractivity contribution in [2.24, 2.45) is 0 Å². The molecular weight excluding hydrogens is 346 g/mol. The van der Waals surface area contributed by atoms with E-state index in [1.807, 2.05) is 20.0 Å². The van der Waals surface area contributed by atoms with Gasteiger partial charge in [-0.1, -0.05) is 31.7 Å². The van der Waals surface area contributed by atoms with Crippen molar-refractivity contribution in [3.8, 4) is 5.75 Å². The van der Waals surface area contributed by atoms with Crippen LogP contribution in [0.25, 0.3) is 5.57 Å². The summed E-state index contributed by atoms with van der Waals surface area (Å²) in [6.07, 6.45) is 4.63. The minimum Gasteiger partial charge on any atom is -0.494 e. The Bertz CT molecular complexity index is 835. The highest BCUT2D eigenvalue weighted by atomic mass is 16.5. The number of rotatable bonds is 7. The highest BCUT2D eigenvalue weighted by molar-refractivity contribution is 5.87. The fourth-order valence-corrected chi connectivity index (χ4v) is 4.14. The van der Waals surface area contributed by atoms with Crippen molar-refractivity contribution >= 4 is 11.3 Å². The second-order valence-electron chi connectivity index (χ2n) is 7.41. The van der Waals surface area contributed by atoms with E-state index in [0.717, 1.165) is 59.6 Å². The first kappa shape index (κ1) is 20.5. The van der Waals surface area contributed by atoms with E-state index >= 15 is 0 Å². The minimum atomic E-state index is 0.168. The number of ether oxygens (including phenoxy) is 2. The molecule has 0 aliphatic carbocycles. The normalized spacial score (nSPS) is 16.6. The SMILES string of the molecule is C=C(c1ccc(OCC)c(C)c1)c1ccc(CC)c(C2CCCCO2)c1NC. The van der Waals surface area contributed by atoms with Gasteiger partial charge in [-0.05, 0) is 73.9 Å². The minimum absolute atomic E-state index is 0.168. The molecule has 2 aromatic rings. The maximum absolute atomic E-state index is 6.16. The predicted molar refractivity (Wildman–Crippen MR) is 118 cm³/mol. The van der Waals surface area contributed by atoms with E-state index in [-0.39, 0.29) is 6.10 Å². The van der Waals surface area contributed by atoms with Crippen molar-refractivity contribution in [1.29, 1.82) is 0 Å². The maximum Gasteiger partial charge on any atom is 0.122 e. The molecule has 3 nitrogen and oxygen atoms in total. The first-order valence-corrected chi connectivity index (χ1v) is 10.5. The molecule has 1 aliphatic heterocycles. The van der Waals surface area contributed by atoms with Gasteiger partial charge in [0.1, 0.15) is 5.75 Å². The van der Waals surface area contributed by atoms with Crippen LogP contribution in [0.3, 0.4) is 0 Å². The van der Waals surface area contributed by atoms with Crippen LogP contribution < -0.4 is 10.1 Å². The van der Waals surface area contributed by atoms with Crippen LogP contribution in [-0.2, 0) is 11.2 Å². The Balaban J connectivity index is 2.03. The molecule has 1 N–H and O–H groups in total. The summed E-state index contributed by atoms with van der Waals surface area (Å²) in [6, 6.07) is 10.8. The first-order chi connectivity index (χ1) is 13.6. The van der Waals surface area contributed by atoms with Crippen molar-refractivity contribution in [2.75, 3.05) is 25.6 Å². The number of aryl methyl sites for hydroxylation is 2. The van der Waals surface area contributed by atoms with Crippen molar-refractivity contribution in [2.45, 2.75) is 52.6 Å². The molecule has 0 bridgehead atoms. The van der Waals surface area contributed by atoms with Gasteiger partial charge in [-0.15, -0.1) is 0 Å². The molecule has 1 aliphatic rings. The average Bonchev–Trinajstić information content (AvgIpc) is 2.74.